The van der Waals surface area contributed by atoms with E-state index in [1.807, 2.05) is 0 Å². The van der Waals surface area contributed by atoms with Crippen LogP contribution in [0.4, 0.5) is 0 Å². The van der Waals surface area contributed by atoms with Gasteiger partial charge in [0.25, 0.3) is 0 Å². The van der Waals surface area contributed by atoms with Crippen molar-refractivity contribution < 1.29 is 30.7 Å². The van der Waals surface area contributed by atoms with Crippen molar-refractivity contribution in [2.75, 3.05) is 0 Å². The van der Waals surface area contributed by atoms with E-state index in [1.54, 1.807) is 0 Å². The summed E-state index contributed by atoms with van der Waals surface area (Å²) in [5.74, 6) is 0. The average Bonchev–Trinajstić information content (AvgIpc) is 3.56. The summed E-state index contributed by atoms with van der Waals surface area (Å²) in [5, 5.41) is 0. The second kappa shape index (κ2) is 14.1. The Bertz CT molecular complexity index is 814. The standard InChI is InChI=1S/C21H15.3CO.Co/c1-4-10-16(11-5-1)19-20(17-12-6-2-7-13-17)21(19)18-14-8-3-9-15-18;3*1-2;/h1-15H;;;;/q-3;;;;+3. The Kier molecular flexibility index (Phi) is 12.6. The molecular weight excluding hydrogens is 395 g/mol. The van der Waals surface area contributed by atoms with Gasteiger partial charge in [-0.1, -0.05) is 42.5 Å². The Labute approximate surface area is 175 Å². The second-order valence-corrected chi connectivity index (χ2v) is 5.22. The number of rotatable bonds is 3. The first kappa shape index (κ1) is 25.0. The SMILES string of the molecule is [C-]#[O+].[C-]#[O+].[C-]#[O+].[Co+3].c1ccc(-[c-]2[c-](-c3ccccc3)[c-]2-c2ccccc2)cc1. The second-order valence-electron chi connectivity index (χ2n) is 5.22. The van der Waals surface area contributed by atoms with Gasteiger partial charge < -0.3 is 16.7 Å². The fourth-order valence-electron chi connectivity index (χ4n) is 2.87. The summed E-state index contributed by atoms with van der Waals surface area (Å²) in [7, 11) is 0. The monoisotopic (exact) mass is 410 g/mol. The predicted octanol–water partition coefficient (Wildman–Crippen LogP) is 5.73. The van der Waals surface area contributed by atoms with Crippen molar-refractivity contribution in [3.05, 3.63) is 111 Å². The van der Waals surface area contributed by atoms with Gasteiger partial charge in [0, 0.05) is 0 Å². The van der Waals surface area contributed by atoms with Gasteiger partial charge in [-0.2, -0.15) is 12.1 Å². The van der Waals surface area contributed by atoms with Crippen molar-refractivity contribution in [1.82, 2.24) is 0 Å². The molecule has 0 spiro atoms. The third-order valence-corrected chi connectivity index (χ3v) is 3.87. The molecule has 0 heterocycles. The molecule has 4 aromatic carbocycles. The largest absolute Gasteiger partial charge is 3.00 e. The molecule has 0 saturated carbocycles. The molecule has 0 fully saturated rings. The van der Waals surface area contributed by atoms with E-state index >= 15 is 0 Å². The van der Waals surface area contributed by atoms with Gasteiger partial charge in [0.2, 0.25) is 0 Å². The molecule has 4 rings (SSSR count). The maximum atomic E-state index is 7.50. The quantitative estimate of drug-likeness (QED) is 0.306. The van der Waals surface area contributed by atoms with Gasteiger partial charge in [-0.25, -0.2) is 11.1 Å². The van der Waals surface area contributed by atoms with Crippen LogP contribution >= 0.6 is 0 Å². The minimum Gasteiger partial charge on any atom is -0.377 e. The van der Waals surface area contributed by atoms with Gasteiger partial charge in [0.15, 0.2) is 0 Å². The zero-order chi connectivity index (χ0) is 20.1. The van der Waals surface area contributed by atoms with Crippen molar-refractivity contribution in [2.45, 2.75) is 0 Å². The van der Waals surface area contributed by atoms with E-state index in [4.69, 9.17) is 14.0 Å². The van der Waals surface area contributed by atoms with Crippen LogP contribution in [0.1, 0.15) is 0 Å². The summed E-state index contributed by atoms with van der Waals surface area (Å²) in [6, 6.07) is 31.9. The minimum absolute atomic E-state index is 0. The molecule has 4 aromatic rings. The Hall–Kier alpha value is -3.00. The summed E-state index contributed by atoms with van der Waals surface area (Å²) in [6.45, 7) is 13.5. The van der Waals surface area contributed by atoms with Crippen molar-refractivity contribution in [2.24, 2.45) is 0 Å². The Balaban J connectivity index is 0.000000957. The van der Waals surface area contributed by atoms with Crippen LogP contribution in [0.3, 0.4) is 0 Å². The van der Waals surface area contributed by atoms with Gasteiger partial charge in [-0.05, 0) is 0 Å². The van der Waals surface area contributed by atoms with Gasteiger partial charge >= 0.3 is 50.7 Å². The summed E-state index contributed by atoms with van der Waals surface area (Å²) >= 11 is 0. The molecule has 0 bridgehead atoms. The van der Waals surface area contributed by atoms with Crippen molar-refractivity contribution in [1.29, 1.82) is 0 Å². The van der Waals surface area contributed by atoms with E-state index in [0.29, 0.717) is 0 Å². The molecule has 0 unspecified atom stereocenters. The first-order valence-corrected chi connectivity index (χ1v) is 7.84. The molecule has 4 heteroatoms. The molecule has 0 aliphatic carbocycles. The Morgan fingerprint density at radius 2 is 0.571 bits per heavy atom. The normalized spacial score (nSPS) is 8.36. The van der Waals surface area contributed by atoms with E-state index < -0.39 is 0 Å². The van der Waals surface area contributed by atoms with Gasteiger partial charge in [-0.15, -0.1) is 36.4 Å². The summed E-state index contributed by atoms with van der Waals surface area (Å²) in [6.07, 6.45) is 0. The maximum absolute atomic E-state index is 7.50. The predicted molar refractivity (Wildman–Crippen MR) is 101 cm³/mol. The van der Waals surface area contributed by atoms with Crippen LogP contribution in [-0.4, -0.2) is 0 Å². The molecule has 0 aromatic heterocycles. The molecule has 0 aliphatic heterocycles. The van der Waals surface area contributed by atoms with E-state index in [0.717, 1.165) is 0 Å². The molecule has 0 N–H and O–H groups in total. The third kappa shape index (κ3) is 6.02. The average molecular weight is 410 g/mol. The summed E-state index contributed by atoms with van der Waals surface area (Å²) in [4.78, 5) is 0. The van der Waals surface area contributed by atoms with Crippen LogP contribution in [0.15, 0.2) is 91.0 Å². The molecule has 0 atom stereocenters. The molecule has 0 amide bonds. The van der Waals surface area contributed by atoms with E-state index in [1.165, 1.54) is 33.4 Å². The zero-order valence-corrected chi connectivity index (χ0v) is 15.8. The molecule has 3 nitrogen and oxygen atoms in total. The van der Waals surface area contributed by atoms with Gasteiger partial charge in [-0.3, -0.25) is 5.56 Å². The molecule has 138 valence electrons. The van der Waals surface area contributed by atoms with Crippen LogP contribution < -0.4 is 0 Å². The Morgan fingerprint density at radius 1 is 0.393 bits per heavy atom. The molecule has 28 heavy (non-hydrogen) atoms. The fraction of sp³-hybridized carbons (Fsp3) is 0. The van der Waals surface area contributed by atoms with E-state index in [9.17, 15) is 0 Å². The minimum atomic E-state index is 0. The zero-order valence-electron chi connectivity index (χ0n) is 14.7. The van der Waals surface area contributed by atoms with Gasteiger partial charge in [0.1, 0.15) is 0 Å². The van der Waals surface area contributed by atoms with Crippen LogP contribution in [0.5, 0.6) is 0 Å². The number of hydrogen-bond acceptors (Lipinski definition) is 0. The maximum Gasteiger partial charge on any atom is 3.00 e. The molecule has 0 aliphatic rings. The van der Waals surface area contributed by atoms with Crippen LogP contribution in [0, 0.1) is 20.0 Å². The topological polar surface area (TPSA) is 59.7 Å². The van der Waals surface area contributed by atoms with E-state index in [-0.39, 0.29) is 16.8 Å². The van der Waals surface area contributed by atoms with Gasteiger partial charge in [0.05, 0.1) is 0 Å². The molecule has 0 saturated heterocycles. The smallest absolute Gasteiger partial charge is 0.377 e. The number of benzene rings is 3. The molecule has 0 radical (unpaired) electrons. The van der Waals surface area contributed by atoms with Crippen LogP contribution in [0.2, 0.25) is 0 Å². The third-order valence-electron chi connectivity index (χ3n) is 3.87. The van der Waals surface area contributed by atoms with E-state index in [2.05, 4.69) is 111 Å². The van der Waals surface area contributed by atoms with Crippen LogP contribution in [-0.2, 0) is 30.7 Å². The number of hydrogen-bond donors (Lipinski definition) is 0. The first-order valence-electron chi connectivity index (χ1n) is 7.84. The molecular formula is C24H15CoO3. The van der Waals surface area contributed by atoms with Crippen molar-refractivity contribution in [3.8, 4) is 33.4 Å². The summed E-state index contributed by atoms with van der Waals surface area (Å²) < 4.78 is 22.5. The fourth-order valence-corrected chi connectivity index (χ4v) is 2.87. The summed E-state index contributed by atoms with van der Waals surface area (Å²) in [5.41, 5.74) is 8.05. The first-order chi connectivity index (χ1) is 13.4. The van der Waals surface area contributed by atoms with Crippen molar-refractivity contribution in [3.63, 3.8) is 0 Å². The van der Waals surface area contributed by atoms with Crippen molar-refractivity contribution >= 4 is 0 Å². The van der Waals surface area contributed by atoms with Crippen LogP contribution in [0.25, 0.3) is 33.4 Å². The Morgan fingerprint density at radius 3 is 0.750 bits per heavy atom.